The fraction of sp³-hybridized carbons (Fsp3) is 0.615. The zero-order chi connectivity index (χ0) is 18.4. The van der Waals surface area contributed by atoms with E-state index in [1.54, 1.807) is 13.8 Å². The van der Waals surface area contributed by atoms with E-state index in [0.717, 1.165) is 6.92 Å². The number of amides is 1. The van der Waals surface area contributed by atoms with Crippen molar-refractivity contribution in [1.82, 2.24) is 5.32 Å². The molecule has 0 fully saturated rings. The molecule has 0 aliphatic rings. The van der Waals surface area contributed by atoms with Crippen LogP contribution in [0.1, 0.15) is 33.6 Å². The van der Waals surface area contributed by atoms with Crippen LogP contribution in [0.4, 0.5) is 0 Å². The average Bonchev–Trinajstić information content (AvgIpc) is 2.32. The van der Waals surface area contributed by atoms with Gasteiger partial charge in [0, 0.05) is 6.92 Å². The molecule has 0 saturated carbocycles. The highest BCUT2D eigenvalue weighted by Gasteiger charge is 2.48. The first kappa shape index (κ1) is 20.3. The zero-order valence-corrected chi connectivity index (χ0v) is 12.9. The van der Waals surface area contributed by atoms with Crippen molar-refractivity contribution >= 4 is 29.8 Å². The number of carboxylic acids is 3. The number of hydrogen-bond donors (Lipinski definition) is 4. The topological polar surface area (TPSA) is 167 Å². The van der Waals surface area contributed by atoms with E-state index in [-0.39, 0.29) is 0 Å². The lowest BCUT2D eigenvalue weighted by Gasteiger charge is -2.29. The van der Waals surface area contributed by atoms with E-state index < -0.39 is 60.2 Å². The molecule has 0 radical (unpaired) electrons. The Labute approximate surface area is 131 Å². The SMILES string of the molecule is CC(=O)N[C@H](C(=O)OC(CC(=O)O)(CC(=O)O)C(=O)O)C(C)C. The number of rotatable bonds is 9. The van der Waals surface area contributed by atoms with E-state index in [9.17, 15) is 29.1 Å². The maximum atomic E-state index is 12.1. The largest absolute Gasteiger partial charge is 0.481 e. The fourth-order valence-corrected chi connectivity index (χ4v) is 1.79. The van der Waals surface area contributed by atoms with Crippen LogP contribution in [0.3, 0.4) is 0 Å². The number of carbonyl (C=O) groups is 5. The summed E-state index contributed by atoms with van der Waals surface area (Å²) in [6.07, 6.45) is -2.46. The molecule has 0 aliphatic heterocycles. The van der Waals surface area contributed by atoms with E-state index in [4.69, 9.17) is 14.9 Å². The molecule has 0 aliphatic carbocycles. The number of ether oxygens (including phenoxy) is 1. The third kappa shape index (κ3) is 6.32. The monoisotopic (exact) mass is 333 g/mol. The van der Waals surface area contributed by atoms with Crippen molar-refractivity contribution in [3.63, 3.8) is 0 Å². The summed E-state index contributed by atoms with van der Waals surface area (Å²) in [7, 11) is 0. The average molecular weight is 333 g/mol. The Morgan fingerprint density at radius 1 is 1.00 bits per heavy atom. The molecule has 0 aromatic rings. The number of carboxylic acid groups (broad SMARTS) is 3. The first-order valence-corrected chi connectivity index (χ1v) is 6.58. The van der Waals surface area contributed by atoms with Gasteiger partial charge in [0.25, 0.3) is 0 Å². The van der Waals surface area contributed by atoms with Crippen LogP contribution in [0.25, 0.3) is 0 Å². The van der Waals surface area contributed by atoms with Gasteiger partial charge in [-0.3, -0.25) is 14.4 Å². The van der Waals surface area contributed by atoms with Crippen LogP contribution in [0.2, 0.25) is 0 Å². The molecule has 0 saturated heterocycles. The molecule has 23 heavy (non-hydrogen) atoms. The summed E-state index contributed by atoms with van der Waals surface area (Å²) in [6, 6.07) is -1.24. The van der Waals surface area contributed by atoms with Gasteiger partial charge in [-0.05, 0) is 5.92 Å². The molecule has 10 heteroatoms. The first-order chi connectivity index (χ1) is 10.4. The molecule has 0 aromatic carbocycles. The summed E-state index contributed by atoms with van der Waals surface area (Å²) in [4.78, 5) is 56.3. The van der Waals surface area contributed by atoms with Crippen LogP contribution < -0.4 is 5.32 Å². The highest BCUT2D eigenvalue weighted by molar-refractivity contribution is 5.92. The highest BCUT2D eigenvalue weighted by Crippen LogP contribution is 2.24. The highest BCUT2D eigenvalue weighted by atomic mass is 16.6. The third-order valence-corrected chi connectivity index (χ3v) is 2.84. The van der Waals surface area contributed by atoms with Gasteiger partial charge in [0.1, 0.15) is 6.04 Å². The Kier molecular flexibility index (Phi) is 7.17. The second-order valence-corrected chi connectivity index (χ2v) is 5.28. The molecular weight excluding hydrogens is 314 g/mol. The number of nitrogens with one attached hydrogen (secondary N) is 1. The van der Waals surface area contributed by atoms with Crippen LogP contribution in [-0.2, 0) is 28.7 Å². The Morgan fingerprint density at radius 3 is 1.70 bits per heavy atom. The molecule has 4 N–H and O–H groups in total. The summed E-state index contributed by atoms with van der Waals surface area (Å²) < 4.78 is 4.73. The Hall–Kier alpha value is -2.65. The third-order valence-electron chi connectivity index (χ3n) is 2.84. The molecule has 0 unspecified atom stereocenters. The minimum atomic E-state index is -2.76. The standard InChI is InChI=1S/C13H19NO9/c1-6(2)10(14-7(3)15)11(20)23-13(12(21)22,4-8(16)17)5-9(18)19/h6,10H,4-5H2,1-3H3,(H,14,15)(H,16,17)(H,18,19)(H,21,22)/t10-/m0/s1. The van der Waals surface area contributed by atoms with Gasteiger partial charge in [-0.2, -0.15) is 0 Å². The van der Waals surface area contributed by atoms with Gasteiger partial charge in [0.05, 0.1) is 12.8 Å². The van der Waals surface area contributed by atoms with Crippen LogP contribution in [-0.4, -0.2) is 56.7 Å². The Bertz CT molecular complexity index is 496. The molecule has 1 amide bonds. The van der Waals surface area contributed by atoms with Crippen molar-refractivity contribution < 1.29 is 44.0 Å². The molecule has 0 bridgehead atoms. The van der Waals surface area contributed by atoms with Gasteiger partial charge in [0.2, 0.25) is 11.5 Å². The van der Waals surface area contributed by atoms with Gasteiger partial charge in [0.15, 0.2) is 0 Å². The normalized spacial score (nSPS) is 12.3. The smallest absolute Gasteiger partial charge is 0.349 e. The predicted molar refractivity (Wildman–Crippen MR) is 73.4 cm³/mol. The molecule has 10 nitrogen and oxygen atoms in total. The van der Waals surface area contributed by atoms with Crippen LogP contribution in [0.5, 0.6) is 0 Å². The van der Waals surface area contributed by atoms with Crippen molar-refractivity contribution in [2.45, 2.75) is 45.3 Å². The minimum absolute atomic E-state index is 0.493. The zero-order valence-electron chi connectivity index (χ0n) is 12.9. The first-order valence-electron chi connectivity index (χ1n) is 6.58. The lowest BCUT2D eigenvalue weighted by atomic mass is 9.94. The lowest BCUT2D eigenvalue weighted by Crippen LogP contribution is -2.52. The van der Waals surface area contributed by atoms with Gasteiger partial charge in [-0.25, -0.2) is 9.59 Å². The van der Waals surface area contributed by atoms with Gasteiger partial charge >= 0.3 is 23.9 Å². The summed E-state index contributed by atoms with van der Waals surface area (Å²) in [5.41, 5.74) is -2.76. The van der Waals surface area contributed by atoms with Crippen molar-refractivity contribution in [1.29, 1.82) is 0 Å². The fourth-order valence-electron chi connectivity index (χ4n) is 1.79. The molecule has 0 rings (SSSR count). The molecular formula is C13H19NO9. The van der Waals surface area contributed by atoms with E-state index >= 15 is 0 Å². The quantitative estimate of drug-likeness (QED) is 0.405. The Morgan fingerprint density at radius 2 is 1.43 bits per heavy atom. The number of esters is 1. The molecule has 1 atom stereocenters. The summed E-state index contributed by atoms with van der Waals surface area (Å²) >= 11 is 0. The maximum absolute atomic E-state index is 12.1. The van der Waals surface area contributed by atoms with Gasteiger partial charge in [-0.1, -0.05) is 13.8 Å². The molecule has 0 aromatic heterocycles. The minimum Gasteiger partial charge on any atom is -0.481 e. The lowest BCUT2D eigenvalue weighted by molar-refractivity contribution is -0.188. The van der Waals surface area contributed by atoms with Crippen molar-refractivity contribution in [3.05, 3.63) is 0 Å². The maximum Gasteiger partial charge on any atom is 0.349 e. The second kappa shape index (κ2) is 8.11. The molecule has 0 heterocycles. The van der Waals surface area contributed by atoms with Crippen LogP contribution >= 0.6 is 0 Å². The van der Waals surface area contributed by atoms with Crippen molar-refractivity contribution in [3.8, 4) is 0 Å². The predicted octanol–water partition coefficient (Wildman–Crippen LogP) is -0.537. The molecule has 130 valence electrons. The van der Waals surface area contributed by atoms with E-state index in [2.05, 4.69) is 5.32 Å². The van der Waals surface area contributed by atoms with Crippen molar-refractivity contribution in [2.24, 2.45) is 5.92 Å². The summed E-state index contributed by atoms with van der Waals surface area (Å²) in [5.74, 6) is -7.50. The Balaban J connectivity index is 5.60. The number of aliphatic carboxylic acids is 3. The second-order valence-electron chi connectivity index (χ2n) is 5.28. The number of carbonyl (C=O) groups excluding carboxylic acids is 2. The summed E-state index contributed by atoms with van der Waals surface area (Å²) in [5, 5.41) is 29.0. The van der Waals surface area contributed by atoms with E-state index in [1.165, 1.54) is 0 Å². The van der Waals surface area contributed by atoms with Crippen molar-refractivity contribution in [2.75, 3.05) is 0 Å². The van der Waals surface area contributed by atoms with Gasteiger partial charge < -0.3 is 25.4 Å². The van der Waals surface area contributed by atoms with Crippen LogP contribution in [0, 0.1) is 5.92 Å². The van der Waals surface area contributed by atoms with Gasteiger partial charge in [-0.15, -0.1) is 0 Å². The molecule has 0 spiro atoms. The summed E-state index contributed by atoms with van der Waals surface area (Å²) in [6.45, 7) is 4.21. The van der Waals surface area contributed by atoms with Crippen LogP contribution in [0.15, 0.2) is 0 Å². The number of hydrogen-bond acceptors (Lipinski definition) is 6. The van der Waals surface area contributed by atoms with E-state index in [1.807, 2.05) is 0 Å². The van der Waals surface area contributed by atoms with E-state index in [0.29, 0.717) is 0 Å².